The summed E-state index contributed by atoms with van der Waals surface area (Å²) in [4.78, 5) is 12.1. The Morgan fingerprint density at radius 3 is 2.57 bits per heavy atom. The van der Waals surface area contributed by atoms with Crippen molar-refractivity contribution in [1.82, 2.24) is 5.32 Å². The van der Waals surface area contributed by atoms with Crippen molar-refractivity contribution in [2.75, 3.05) is 0 Å². The third-order valence-corrected chi connectivity index (χ3v) is 3.59. The van der Waals surface area contributed by atoms with Crippen LogP contribution in [0.4, 0.5) is 4.39 Å². The molecule has 21 heavy (non-hydrogen) atoms. The highest BCUT2D eigenvalue weighted by atomic mass is 35.5. The number of hydrogen-bond acceptors (Lipinski definition) is 1. The third-order valence-electron chi connectivity index (χ3n) is 3.28. The van der Waals surface area contributed by atoms with E-state index >= 15 is 0 Å². The molecule has 0 saturated heterocycles. The molecule has 2 aromatic carbocycles. The van der Waals surface area contributed by atoms with Crippen LogP contribution in [0.15, 0.2) is 48.5 Å². The van der Waals surface area contributed by atoms with Crippen LogP contribution < -0.4 is 5.32 Å². The Morgan fingerprint density at radius 1 is 1.19 bits per heavy atom. The average Bonchev–Trinajstić information content (AvgIpc) is 2.46. The van der Waals surface area contributed by atoms with Gasteiger partial charge in [-0.3, -0.25) is 4.79 Å². The minimum absolute atomic E-state index is 0.0617. The summed E-state index contributed by atoms with van der Waals surface area (Å²) in [6, 6.07) is 14.2. The number of carbonyl (C=O) groups excluding carboxylic acids is 1. The molecular weight excluding hydrogens is 289 g/mol. The molecule has 2 rings (SSSR count). The molecule has 1 N–H and O–H groups in total. The van der Waals surface area contributed by atoms with Gasteiger partial charge in [0.1, 0.15) is 5.82 Å². The van der Waals surface area contributed by atoms with Gasteiger partial charge in [-0.25, -0.2) is 4.39 Å². The summed E-state index contributed by atoms with van der Waals surface area (Å²) < 4.78 is 13.7. The standard InChI is InChI=1S/C17H17ClFNO/c1-12(10-11-13-6-3-2-4-7-13)20-17(21)16-14(18)8-5-9-15(16)19/h2-9,12H,10-11H2,1H3,(H,20,21)/t12-/m1/s1. The number of carbonyl (C=O) groups is 1. The van der Waals surface area contributed by atoms with Crippen LogP contribution in [0.2, 0.25) is 5.02 Å². The minimum atomic E-state index is -0.602. The number of rotatable bonds is 5. The van der Waals surface area contributed by atoms with Crippen molar-refractivity contribution in [2.45, 2.75) is 25.8 Å². The first-order chi connectivity index (χ1) is 10.1. The molecule has 4 heteroatoms. The molecule has 2 aromatic rings. The SMILES string of the molecule is C[C@H](CCc1ccccc1)NC(=O)c1c(F)cccc1Cl. The van der Waals surface area contributed by atoms with Crippen molar-refractivity contribution in [3.05, 3.63) is 70.5 Å². The van der Waals surface area contributed by atoms with E-state index in [1.807, 2.05) is 37.3 Å². The smallest absolute Gasteiger partial charge is 0.255 e. The van der Waals surface area contributed by atoms with Gasteiger partial charge < -0.3 is 5.32 Å². The molecule has 0 aromatic heterocycles. The molecule has 0 radical (unpaired) electrons. The highest BCUT2D eigenvalue weighted by Gasteiger charge is 2.17. The molecular formula is C17H17ClFNO. The predicted molar refractivity (Wildman–Crippen MR) is 83.1 cm³/mol. The number of hydrogen-bond donors (Lipinski definition) is 1. The molecule has 0 aliphatic carbocycles. The molecule has 0 bridgehead atoms. The van der Waals surface area contributed by atoms with Crippen molar-refractivity contribution in [2.24, 2.45) is 0 Å². The van der Waals surface area contributed by atoms with Crippen molar-refractivity contribution in [1.29, 1.82) is 0 Å². The second-order valence-corrected chi connectivity index (χ2v) is 5.40. The summed E-state index contributed by atoms with van der Waals surface area (Å²) in [5.41, 5.74) is 1.12. The van der Waals surface area contributed by atoms with Crippen molar-refractivity contribution < 1.29 is 9.18 Å². The highest BCUT2D eigenvalue weighted by molar-refractivity contribution is 6.33. The maximum atomic E-state index is 13.7. The quantitative estimate of drug-likeness (QED) is 0.880. The average molecular weight is 306 g/mol. The fourth-order valence-corrected chi connectivity index (χ4v) is 2.36. The van der Waals surface area contributed by atoms with Gasteiger partial charge in [0.05, 0.1) is 10.6 Å². The molecule has 0 aliphatic heterocycles. The van der Waals surface area contributed by atoms with Crippen molar-refractivity contribution in [3.8, 4) is 0 Å². The summed E-state index contributed by atoms with van der Waals surface area (Å²) in [6.45, 7) is 1.90. The van der Waals surface area contributed by atoms with Crippen LogP contribution in [0, 0.1) is 5.82 Å². The van der Waals surface area contributed by atoms with Gasteiger partial charge in [0.25, 0.3) is 5.91 Å². The molecule has 0 aliphatic rings. The first-order valence-electron chi connectivity index (χ1n) is 6.86. The first kappa shape index (κ1) is 15.5. The van der Waals surface area contributed by atoms with E-state index in [9.17, 15) is 9.18 Å². The van der Waals surface area contributed by atoms with Crippen LogP contribution in [-0.4, -0.2) is 11.9 Å². The fourth-order valence-electron chi connectivity index (χ4n) is 2.11. The van der Waals surface area contributed by atoms with Gasteiger partial charge in [0.15, 0.2) is 0 Å². The number of halogens is 2. The molecule has 1 amide bonds. The topological polar surface area (TPSA) is 29.1 Å². The second-order valence-electron chi connectivity index (χ2n) is 5.00. The van der Waals surface area contributed by atoms with Gasteiger partial charge in [-0.2, -0.15) is 0 Å². The van der Waals surface area contributed by atoms with E-state index in [4.69, 9.17) is 11.6 Å². The highest BCUT2D eigenvalue weighted by Crippen LogP contribution is 2.19. The van der Waals surface area contributed by atoms with Gasteiger partial charge in [0.2, 0.25) is 0 Å². The van der Waals surface area contributed by atoms with Gasteiger partial charge >= 0.3 is 0 Å². The van der Waals surface area contributed by atoms with Gasteiger partial charge in [-0.15, -0.1) is 0 Å². The summed E-state index contributed by atoms with van der Waals surface area (Å²) >= 11 is 5.88. The predicted octanol–water partition coefficient (Wildman–Crippen LogP) is 4.23. The van der Waals surface area contributed by atoms with E-state index in [1.54, 1.807) is 0 Å². The molecule has 0 saturated carbocycles. The Bertz CT molecular complexity index is 595. The number of amides is 1. The fraction of sp³-hybridized carbons (Fsp3) is 0.235. The van der Waals surface area contributed by atoms with E-state index in [1.165, 1.54) is 23.8 Å². The largest absolute Gasteiger partial charge is 0.349 e. The third kappa shape index (κ3) is 4.30. The van der Waals surface area contributed by atoms with E-state index < -0.39 is 11.7 Å². The van der Waals surface area contributed by atoms with E-state index in [0.717, 1.165) is 12.8 Å². The summed E-state index contributed by atoms with van der Waals surface area (Å²) in [5, 5.41) is 2.91. The summed E-state index contributed by atoms with van der Waals surface area (Å²) in [7, 11) is 0. The maximum absolute atomic E-state index is 13.7. The monoisotopic (exact) mass is 305 g/mol. The molecule has 0 unspecified atom stereocenters. The van der Waals surface area contributed by atoms with Crippen molar-refractivity contribution in [3.63, 3.8) is 0 Å². The van der Waals surface area contributed by atoms with Crippen molar-refractivity contribution >= 4 is 17.5 Å². The lowest BCUT2D eigenvalue weighted by molar-refractivity contribution is 0.0934. The Hall–Kier alpha value is -1.87. The summed E-state index contributed by atoms with van der Waals surface area (Å²) in [6.07, 6.45) is 1.63. The van der Waals surface area contributed by atoms with E-state index in [2.05, 4.69) is 5.32 Å². The number of benzene rings is 2. The zero-order valence-electron chi connectivity index (χ0n) is 11.8. The number of aryl methyl sites for hydroxylation is 1. The van der Waals surface area contributed by atoms with Gasteiger partial charge in [-0.05, 0) is 37.5 Å². The zero-order valence-corrected chi connectivity index (χ0v) is 12.5. The van der Waals surface area contributed by atoms with Gasteiger partial charge in [0, 0.05) is 6.04 Å². The van der Waals surface area contributed by atoms with Crippen LogP contribution in [-0.2, 0) is 6.42 Å². The van der Waals surface area contributed by atoms with Crippen LogP contribution in [0.3, 0.4) is 0 Å². The number of nitrogens with one attached hydrogen (secondary N) is 1. The van der Waals surface area contributed by atoms with Gasteiger partial charge in [-0.1, -0.05) is 48.0 Å². The van der Waals surface area contributed by atoms with Crippen LogP contribution in [0.25, 0.3) is 0 Å². The Morgan fingerprint density at radius 2 is 1.90 bits per heavy atom. The molecule has 1 atom stereocenters. The normalized spacial score (nSPS) is 12.0. The molecule has 0 heterocycles. The van der Waals surface area contributed by atoms with E-state index in [-0.39, 0.29) is 16.6 Å². The lowest BCUT2D eigenvalue weighted by Gasteiger charge is -2.15. The lowest BCUT2D eigenvalue weighted by Crippen LogP contribution is -2.33. The van der Waals surface area contributed by atoms with Crippen LogP contribution in [0.1, 0.15) is 29.3 Å². The minimum Gasteiger partial charge on any atom is -0.349 e. The maximum Gasteiger partial charge on any atom is 0.255 e. The molecule has 0 fully saturated rings. The van der Waals surface area contributed by atoms with Crippen LogP contribution in [0.5, 0.6) is 0 Å². The zero-order chi connectivity index (χ0) is 15.2. The molecule has 2 nitrogen and oxygen atoms in total. The molecule has 110 valence electrons. The Labute approximate surface area is 128 Å². The molecule has 0 spiro atoms. The van der Waals surface area contributed by atoms with Crippen LogP contribution >= 0.6 is 11.6 Å². The van der Waals surface area contributed by atoms with E-state index in [0.29, 0.717) is 0 Å². The Balaban J connectivity index is 1.93. The summed E-state index contributed by atoms with van der Waals surface area (Å²) in [5.74, 6) is -1.08. The second kappa shape index (κ2) is 7.23. The lowest BCUT2D eigenvalue weighted by atomic mass is 10.1. The Kier molecular flexibility index (Phi) is 5.34. The first-order valence-corrected chi connectivity index (χ1v) is 7.24.